The van der Waals surface area contributed by atoms with Crippen molar-refractivity contribution in [2.75, 3.05) is 0 Å². The second-order valence-corrected chi connectivity index (χ2v) is 4.16. The molecule has 3 nitrogen and oxygen atoms in total. The van der Waals surface area contributed by atoms with E-state index in [2.05, 4.69) is 21.0 Å². The third kappa shape index (κ3) is 1.68. The molecule has 1 aromatic rings. The molecule has 1 saturated carbocycles. The molecule has 0 amide bonds. The minimum absolute atomic E-state index is 0.505. The Morgan fingerprint density at radius 2 is 2.23 bits per heavy atom. The highest BCUT2D eigenvalue weighted by atomic mass is 79.9. The zero-order chi connectivity index (χ0) is 9.26. The van der Waals surface area contributed by atoms with Crippen LogP contribution in [0.5, 0.6) is 0 Å². The maximum absolute atomic E-state index is 10.6. The van der Waals surface area contributed by atoms with Crippen LogP contribution >= 0.6 is 15.9 Å². The van der Waals surface area contributed by atoms with Crippen LogP contribution in [-0.4, -0.2) is 16.1 Å². The fraction of sp³-hybridized carbons (Fsp3) is 0.556. The molecule has 0 unspecified atom stereocenters. The molecule has 1 aliphatic rings. The summed E-state index contributed by atoms with van der Waals surface area (Å²) in [6.45, 7) is 0. The first-order valence-corrected chi connectivity index (χ1v) is 5.30. The van der Waals surface area contributed by atoms with Gasteiger partial charge in [-0.25, -0.2) is 0 Å². The van der Waals surface area contributed by atoms with Crippen LogP contribution in [0.15, 0.2) is 10.8 Å². The first-order valence-electron chi connectivity index (χ1n) is 4.51. The van der Waals surface area contributed by atoms with Crippen molar-refractivity contribution >= 4 is 22.2 Å². The molecule has 1 aromatic heterocycles. The highest BCUT2D eigenvalue weighted by molar-refractivity contribution is 9.10. The van der Waals surface area contributed by atoms with E-state index in [9.17, 15) is 4.79 Å². The van der Waals surface area contributed by atoms with Gasteiger partial charge in [0.2, 0.25) is 0 Å². The fourth-order valence-electron chi connectivity index (χ4n) is 1.82. The smallest absolute Gasteiger partial charge is 0.154 e. The first kappa shape index (κ1) is 8.94. The highest BCUT2D eigenvalue weighted by Gasteiger charge is 2.18. The van der Waals surface area contributed by atoms with Crippen LogP contribution in [0.3, 0.4) is 0 Å². The zero-order valence-electron chi connectivity index (χ0n) is 7.24. The van der Waals surface area contributed by atoms with Crippen molar-refractivity contribution in [2.24, 2.45) is 0 Å². The Morgan fingerprint density at radius 3 is 2.77 bits per heavy atom. The predicted molar refractivity (Wildman–Crippen MR) is 52.8 cm³/mol. The number of halogens is 1. The molecule has 1 fully saturated rings. The van der Waals surface area contributed by atoms with E-state index >= 15 is 0 Å². The summed E-state index contributed by atoms with van der Waals surface area (Å²) in [5.74, 6) is 0. The van der Waals surface area contributed by atoms with Crippen molar-refractivity contribution in [1.82, 2.24) is 9.78 Å². The van der Waals surface area contributed by atoms with E-state index in [4.69, 9.17) is 0 Å². The molecule has 0 radical (unpaired) electrons. The van der Waals surface area contributed by atoms with Crippen molar-refractivity contribution in [3.8, 4) is 0 Å². The molecule has 1 heterocycles. The van der Waals surface area contributed by atoms with Crippen molar-refractivity contribution in [3.63, 3.8) is 0 Å². The lowest BCUT2D eigenvalue weighted by Gasteiger charge is -2.07. The van der Waals surface area contributed by atoms with Gasteiger partial charge in [-0.2, -0.15) is 5.10 Å². The quantitative estimate of drug-likeness (QED) is 0.748. The van der Waals surface area contributed by atoms with E-state index in [1.807, 2.05) is 10.9 Å². The Kier molecular flexibility index (Phi) is 2.49. The monoisotopic (exact) mass is 242 g/mol. The van der Waals surface area contributed by atoms with Gasteiger partial charge in [0, 0.05) is 6.20 Å². The van der Waals surface area contributed by atoms with Crippen molar-refractivity contribution < 1.29 is 4.79 Å². The number of carbonyl (C=O) groups is 1. The summed E-state index contributed by atoms with van der Waals surface area (Å²) in [5, 5.41) is 4.27. The van der Waals surface area contributed by atoms with Crippen LogP contribution in [0.2, 0.25) is 0 Å². The van der Waals surface area contributed by atoms with E-state index in [0.717, 1.165) is 6.29 Å². The second-order valence-electron chi connectivity index (χ2n) is 3.41. The van der Waals surface area contributed by atoms with E-state index < -0.39 is 0 Å². The van der Waals surface area contributed by atoms with Crippen molar-refractivity contribution in [2.45, 2.75) is 31.7 Å². The average Bonchev–Trinajstić information content (AvgIpc) is 2.71. The molecular formula is C9H11BrN2O. The summed E-state index contributed by atoms with van der Waals surface area (Å²) in [7, 11) is 0. The summed E-state index contributed by atoms with van der Waals surface area (Å²) in [4.78, 5) is 10.6. The number of aldehydes is 1. The van der Waals surface area contributed by atoms with Gasteiger partial charge in [-0.3, -0.25) is 9.48 Å². The van der Waals surface area contributed by atoms with Crippen molar-refractivity contribution in [1.29, 1.82) is 0 Å². The minimum Gasteiger partial charge on any atom is -0.298 e. The second kappa shape index (κ2) is 3.62. The molecule has 0 spiro atoms. The van der Waals surface area contributed by atoms with E-state index in [1.165, 1.54) is 25.7 Å². The van der Waals surface area contributed by atoms with Crippen LogP contribution in [0, 0.1) is 0 Å². The average molecular weight is 243 g/mol. The van der Waals surface area contributed by atoms with Crippen LogP contribution < -0.4 is 0 Å². The van der Waals surface area contributed by atoms with Gasteiger partial charge in [-0.15, -0.1) is 0 Å². The number of nitrogens with zero attached hydrogens (tertiary/aromatic N) is 2. The summed E-state index contributed by atoms with van der Waals surface area (Å²) in [6, 6.07) is 0.505. The Hall–Kier alpha value is -0.640. The highest BCUT2D eigenvalue weighted by Crippen LogP contribution is 2.29. The molecule has 0 aliphatic heterocycles. The van der Waals surface area contributed by atoms with Gasteiger partial charge < -0.3 is 0 Å². The summed E-state index contributed by atoms with van der Waals surface area (Å²) >= 11 is 3.26. The number of aromatic nitrogens is 2. The lowest BCUT2D eigenvalue weighted by atomic mass is 10.2. The molecule has 1 aliphatic carbocycles. The normalized spacial score (nSPS) is 17.9. The van der Waals surface area contributed by atoms with E-state index in [-0.39, 0.29) is 0 Å². The maximum atomic E-state index is 10.6. The molecule has 0 atom stereocenters. The molecule has 0 aromatic carbocycles. The largest absolute Gasteiger partial charge is 0.298 e. The van der Waals surface area contributed by atoms with Gasteiger partial charge in [0.05, 0.1) is 11.6 Å². The van der Waals surface area contributed by atoms with Crippen LogP contribution in [0.1, 0.15) is 42.1 Å². The Bertz CT molecular complexity index is 315. The molecule has 2 rings (SSSR count). The number of rotatable bonds is 2. The molecule has 13 heavy (non-hydrogen) atoms. The lowest BCUT2D eigenvalue weighted by Crippen LogP contribution is -2.04. The molecule has 0 N–H and O–H groups in total. The maximum Gasteiger partial charge on any atom is 0.154 e. The van der Waals surface area contributed by atoms with Gasteiger partial charge in [0.15, 0.2) is 6.29 Å². The number of hydrogen-bond donors (Lipinski definition) is 0. The van der Waals surface area contributed by atoms with Gasteiger partial charge in [0.25, 0.3) is 0 Å². The third-order valence-electron chi connectivity index (χ3n) is 2.54. The molecular weight excluding hydrogens is 232 g/mol. The third-order valence-corrected chi connectivity index (χ3v) is 3.16. The lowest BCUT2D eigenvalue weighted by molar-refractivity contribution is 0.112. The fourth-order valence-corrected chi connectivity index (χ4v) is 2.20. The Balaban J connectivity index is 2.24. The molecule has 70 valence electrons. The molecule has 4 heteroatoms. The standard InChI is InChI=1S/C9H11BrN2O/c10-9-7(6-13)5-12(11-9)8-3-1-2-4-8/h5-6,8H,1-4H2. The first-order chi connectivity index (χ1) is 6.31. The Labute approximate surface area is 85.3 Å². The van der Waals surface area contributed by atoms with Crippen LogP contribution in [0.4, 0.5) is 0 Å². The van der Waals surface area contributed by atoms with E-state index in [1.54, 1.807) is 0 Å². The van der Waals surface area contributed by atoms with Crippen LogP contribution in [0.25, 0.3) is 0 Å². The van der Waals surface area contributed by atoms with Crippen molar-refractivity contribution in [3.05, 3.63) is 16.4 Å². The minimum atomic E-state index is 0.505. The topological polar surface area (TPSA) is 34.9 Å². The zero-order valence-corrected chi connectivity index (χ0v) is 8.83. The molecule has 0 bridgehead atoms. The number of hydrogen-bond acceptors (Lipinski definition) is 2. The Morgan fingerprint density at radius 1 is 1.54 bits per heavy atom. The summed E-state index contributed by atoms with van der Waals surface area (Å²) in [5.41, 5.74) is 0.645. The summed E-state index contributed by atoms with van der Waals surface area (Å²) in [6.07, 6.45) is 7.59. The van der Waals surface area contributed by atoms with Crippen LogP contribution in [-0.2, 0) is 0 Å². The predicted octanol–water partition coefficient (Wildman–Crippen LogP) is 2.57. The SMILES string of the molecule is O=Cc1cn(C2CCCC2)nc1Br. The summed E-state index contributed by atoms with van der Waals surface area (Å²) < 4.78 is 2.58. The number of carbonyl (C=O) groups excluding carboxylic acids is 1. The van der Waals surface area contributed by atoms with Gasteiger partial charge in [-0.05, 0) is 28.8 Å². The van der Waals surface area contributed by atoms with Gasteiger partial charge in [0.1, 0.15) is 4.60 Å². The van der Waals surface area contributed by atoms with Gasteiger partial charge in [-0.1, -0.05) is 12.8 Å². The molecule has 0 saturated heterocycles. The van der Waals surface area contributed by atoms with E-state index in [0.29, 0.717) is 16.2 Å². The van der Waals surface area contributed by atoms with Gasteiger partial charge >= 0.3 is 0 Å².